The second kappa shape index (κ2) is 7.46. The van der Waals surface area contributed by atoms with Gasteiger partial charge >= 0.3 is 0 Å². The zero-order chi connectivity index (χ0) is 20.8. The number of aromatic amines is 1. The van der Waals surface area contributed by atoms with Gasteiger partial charge in [-0.25, -0.2) is 15.0 Å². The Morgan fingerprint density at radius 2 is 2.10 bits per heavy atom. The molecule has 6 rings (SSSR count). The third kappa shape index (κ3) is 3.27. The van der Waals surface area contributed by atoms with E-state index in [1.807, 2.05) is 24.7 Å². The van der Waals surface area contributed by atoms with Gasteiger partial charge in [0.1, 0.15) is 17.8 Å². The molecule has 6 nitrogen and oxygen atoms in total. The van der Waals surface area contributed by atoms with Crippen molar-refractivity contribution in [3.63, 3.8) is 0 Å². The Morgan fingerprint density at radius 3 is 2.94 bits per heavy atom. The molecule has 4 aromatic rings. The molecule has 3 aromatic heterocycles. The van der Waals surface area contributed by atoms with Crippen molar-refractivity contribution in [2.45, 2.75) is 38.8 Å². The van der Waals surface area contributed by atoms with Crippen molar-refractivity contribution < 1.29 is 0 Å². The molecule has 5 heterocycles. The number of pyridine rings is 1. The van der Waals surface area contributed by atoms with E-state index in [2.05, 4.69) is 55.3 Å². The van der Waals surface area contributed by atoms with Crippen LogP contribution >= 0.6 is 0 Å². The highest BCUT2D eigenvalue weighted by Gasteiger charge is 2.26. The Balaban J connectivity index is 1.45. The highest BCUT2D eigenvalue weighted by Crippen LogP contribution is 2.36. The van der Waals surface area contributed by atoms with Gasteiger partial charge in [-0.1, -0.05) is 6.07 Å². The van der Waals surface area contributed by atoms with Crippen LogP contribution in [0.1, 0.15) is 41.1 Å². The van der Waals surface area contributed by atoms with Crippen LogP contribution in [0.5, 0.6) is 0 Å². The molecule has 1 atom stereocenters. The molecule has 0 spiro atoms. The fourth-order valence-electron chi connectivity index (χ4n) is 5.08. The Kier molecular flexibility index (Phi) is 4.46. The van der Waals surface area contributed by atoms with Crippen molar-refractivity contribution in [2.75, 3.05) is 18.0 Å². The largest absolute Gasteiger partial charge is 0.352 e. The second-order valence-electron chi connectivity index (χ2n) is 8.68. The van der Waals surface area contributed by atoms with Crippen molar-refractivity contribution in [1.82, 2.24) is 25.3 Å². The SMILES string of the molecule is Cc1c[nH]c2ncc(-c3cc4c(c(C5CCCN5)c3)CN(c3ccncn3)CC4)cc12. The number of nitrogens with one attached hydrogen (secondary N) is 2. The summed E-state index contributed by atoms with van der Waals surface area (Å²) in [7, 11) is 0. The predicted molar refractivity (Wildman–Crippen MR) is 123 cm³/mol. The quantitative estimate of drug-likeness (QED) is 0.527. The van der Waals surface area contributed by atoms with Crippen molar-refractivity contribution in [2.24, 2.45) is 0 Å². The number of hydrogen-bond donors (Lipinski definition) is 2. The van der Waals surface area contributed by atoms with Crippen LogP contribution in [0.25, 0.3) is 22.2 Å². The maximum atomic E-state index is 4.68. The summed E-state index contributed by atoms with van der Waals surface area (Å²) >= 11 is 0. The fourth-order valence-corrected chi connectivity index (χ4v) is 5.08. The van der Waals surface area contributed by atoms with E-state index in [0.717, 1.165) is 37.5 Å². The van der Waals surface area contributed by atoms with Gasteiger partial charge in [-0.05, 0) is 78.7 Å². The molecule has 6 heteroatoms. The highest BCUT2D eigenvalue weighted by atomic mass is 15.2. The van der Waals surface area contributed by atoms with Gasteiger partial charge in [-0.2, -0.15) is 0 Å². The summed E-state index contributed by atoms with van der Waals surface area (Å²) in [5.41, 5.74) is 9.01. The van der Waals surface area contributed by atoms with E-state index in [9.17, 15) is 0 Å². The van der Waals surface area contributed by atoms with Gasteiger partial charge in [-0.3, -0.25) is 0 Å². The first-order valence-electron chi connectivity index (χ1n) is 11.1. The molecule has 1 saturated heterocycles. The van der Waals surface area contributed by atoms with Gasteiger partial charge in [0.15, 0.2) is 0 Å². The Morgan fingerprint density at radius 1 is 1.13 bits per heavy atom. The number of H-pyrrole nitrogens is 1. The van der Waals surface area contributed by atoms with Crippen molar-refractivity contribution in [3.05, 3.63) is 71.4 Å². The van der Waals surface area contributed by atoms with E-state index < -0.39 is 0 Å². The van der Waals surface area contributed by atoms with Crippen LogP contribution in [-0.4, -0.2) is 33.0 Å². The number of fused-ring (bicyclic) bond motifs is 2. The molecule has 1 aromatic carbocycles. The van der Waals surface area contributed by atoms with Crippen LogP contribution in [0.15, 0.2) is 49.2 Å². The zero-order valence-electron chi connectivity index (χ0n) is 17.7. The normalized spacial score (nSPS) is 18.5. The average Bonchev–Trinajstić information content (AvgIpc) is 3.49. The first kappa shape index (κ1) is 18.5. The first-order chi connectivity index (χ1) is 15.3. The lowest BCUT2D eigenvalue weighted by atomic mass is 9.87. The number of aryl methyl sites for hydroxylation is 1. The minimum atomic E-state index is 0.421. The molecule has 0 bridgehead atoms. The third-order valence-corrected chi connectivity index (χ3v) is 6.77. The molecule has 0 aliphatic carbocycles. The van der Waals surface area contributed by atoms with E-state index in [1.165, 1.54) is 51.6 Å². The highest BCUT2D eigenvalue weighted by molar-refractivity contribution is 5.84. The first-order valence-corrected chi connectivity index (χ1v) is 11.1. The number of aromatic nitrogens is 4. The zero-order valence-corrected chi connectivity index (χ0v) is 17.7. The minimum Gasteiger partial charge on any atom is -0.352 e. The molecule has 1 unspecified atom stereocenters. The summed E-state index contributed by atoms with van der Waals surface area (Å²) in [6.45, 7) is 5.09. The second-order valence-corrected chi connectivity index (χ2v) is 8.68. The number of hydrogen-bond acceptors (Lipinski definition) is 5. The summed E-state index contributed by atoms with van der Waals surface area (Å²) in [5.74, 6) is 1.01. The number of benzene rings is 1. The van der Waals surface area contributed by atoms with Gasteiger partial charge in [0, 0.05) is 48.7 Å². The molecule has 2 aliphatic rings. The summed E-state index contributed by atoms with van der Waals surface area (Å²) in [6, 6.07) is 9.49. The van der Waals surface area contributed by atoms with Crippen LogP contribution in [0.4, 0.5) is 5.82 Å². The van der Waals surface area contributed by atoms with Crippen LogP contribution in [0.2, 0.25) is 0 Å². The van der Waals surface area contributed by atoms with Gasteiger partial charge < -0.3 is 15.2 Å². The molecular weight excluding hydrogens is 384 g/mol. The molecule has 0 amide bonds. The van der Waals surface area contributed by atoms with E-state index in [1.54, 1.807) is 6.33 Å². The summed E-state index contributed by atoms with van der Waals surface area (Å²) in [5, 5.41) is 4.93. The standard InChI is InChI=1S/C25H26N6/c1-16-12-28-25-20(16)11-19(13-29-25)18-9-17-5-8-31(24-4-7-26-15-30-24)14-22(17)21(10-18)23-3-2-6-27-23/h4,7,9-13,15,23,27H,2-3,5-6,8,14H2,1H3,(H,28,29). The molecule has 31 heavy (non-hydrogen) atoms. The summed E-state index contributed by atoms with van der Waals surface area (Å²) in [6.07, 6.45) is 10.9. The van der Waals surface area contributed by atoms with E-state index in [4.69, 9.17) is 0 Å². The van der Waals surface area contributed by atoms with Gasteiger partial charge in [0.25, 0.3) is 0 Å². The van der Waals surface area contributed by atoms with E-state index >= 15 is 0 Å². The van der Waals surface area contributed by atoms with Gasteiger partial charge in [0.2, 0.25) is 0 Å². The fraction of sp³-hybridized carbons (Fsp3) is 0.320. The molecule has 2 aliphatic heterocycles. The maximum Gasteiger partial charge on any atom is 0.137 e. The lowest BCUT2D eigenvalue weighted by molar-refractivity contribution is 0.624. The summed E-state index contributed by atoms with van der Waals surface area (Å²) in [4.78, 5) is 18.9. The van der Waals surface area contributed by atoms with Crippen LogP contribution < -0.4 is 10.2 Å². The molecular formula is C25H26N6. The summed E-state index contributed by atoms with van der Waals surface area (Å²) < 4.78 is 0. The minimum absolute atomic E-state index is 0.421. The third-order valence-electron chi connectivity index (χ3n) is 6.77. The van der Waals surface area contributed by atoms with Crippen molar-refractivity contribution in [1.29, 1.82) is 0 Å². The maximum absolute atomic E-state index is 4.68. The number of nitrogens with zero attached hydrogens (tertiary/aromatic N) is 4. The van der Waals surface area contributed by atoms with Crippen LogP contribution in [0.3, 0.4) is 0 Å². The van der Waals surface area contributed by atoms with E-state index in [0.29, 0.717) is 6.04 Å². The molecule has 156 valence electrons. The molecule has 1 fully saturated rings. The van der Waals surface area contributed by atoms with Gasteiger partial charge in [0.05, 0.1) is 0 Å². The molecule has 2 N–H and O–H groups in total. The molecule has 0 saturated carbocycles. The average molecular weight is 411 g/mol. The Hall–Kier alpha value is -3.25. The Bertz CT molecular complexity index is 1240. The van der Waals surface area contributed by atoms with Gasteiger partial charge in [-0.15, -0.1) is 0 Å². The lowest BCUT2D eigenvalue weighted by Gasteiger charge is -2.33. The lowest BCUT2D eigenvalue weighted by Crippen LogP contribution is -2.32. The van der Waals surface area contributed by atoms with Crippen LogP contribution in [-0.2, 0) is 13.0 Å². The Labute approximate surface area is 181 Å². The monoisotopic (exact) mass is 410 g/mol. The topological polar surface area (TPSA) is 69.7 Å². The van der Waals surface area contributed by atoms with E-state index in [-0.39, 0.29) is 0 Å². The smallest absolute Gasteiger partial charge is 0.137 e. The predicted octanol–water partition coefficient (Wildman–Crippen LogP) is 4.32. The number of anilines is 1. The van der Waals surface area contributed by atoms with Crippen LogP contribution in [0, 0.1) is 6.92 Å². The van der Waals surface area contributed by atoms with Crippen molar-refractivity contribution in [3.8, 4) is 11.1 Å². The van der Waals surface area contributed by atoms with Crippen molar-refractivity contribution >= 4 is 16.9 Å². The number of rotatable bonds is 3. The molecule has 0 radical (unpaired) electrons.